The zero-order valence-corrected chi connectivity index (χ0v) is 25.4. The van der Waals surface area contributed by atoms with Crippen molar-refractivity contribution in [3.05, 3.63) is 48.5 Å². The van der Waals surface area contributed by atoms with E-state index in [1.165, 1.54) is 111 Å². The molecular weight excluding hydrogens is 516 g/mol. The van der Waals surface area contributed by atoms with Gasteiger partial charge in [0.2, 0.25) is 11.9 Å². The molecule has 0 unspecified atom stereocenters. The van der Waals surface area contributed by atoms with Crippen molar-refractivity contribution in [1.82, 2.24) is 19.6 Å². The third kappa shape index (κ3) is 5.69. The van der Waals surface area contributed by atoms with Gasteiger partial charge in [-0.1, -0.05) is 48.5 Å². The molecule has 42 heavy (non-hydrogen) atoms. The van der Waals surface area contributed by atoms with Crippen molar-refractivity contribution in [1.29, 1.82) is 0 Å². The van der Waals surface area contributed by atoms with Crippen molar-refractivity contribution in [3.63, 3.8) is 0 Å². The molecule has 0 aromatic heterocycles. The Morgan fingerprint density at radius 1 is 0.357 bits per heavy atom. The largest absolute Gasteiger partial charge is 0.343 e. The zero-order valence-electron chi connectivity index (χ0n) is 25.4. The van der Waals surface area contributed by atoms with Gasteiger partial charge in [0.15, 0.2) is 0 Å². The third-order valence-electron chi connectivity index (χ3n) is 9.86. The minimum absolute atomic E-state index is 1.06. The average molecular weight is 565 g/mol. The highest BCUT2D eigenvalue weighted by atomic mass is 15.4. The summed E-state index contributed by atoms with van der Waals surface area (Å²) in [6, 6.07) is 17.8. The molecule has 0 bridgehead atoms. The molecule has 4 aliphatic rings. The number of hydrogen-bond donors (Lipinski definition) is 0. The number of aliphatic imine (C=N–C) groups is 2. The van der Waals surface area contributed by atoms with Crippen molar-refractivity contribution in [2.45, 2.75) is 77.0 Å². The standard InChI is InChI=1S/C36H48N6/c1-9-21-39(22-10-1)35(40-23-11-2-12-24-40)37-33-31-19-7-5-17-29(31)30-18-6-8-20-32(30)34(33)38-36(41-25-13-3-14-26-41)42-27-15-4-16-28-42/h5-8,17-20H,1-4,9-16,21-28H2. The predicted molar refractivity (Wildman–Crippen MR) is 177 cm³/mol. The zero-order chi connectivity index (χ0) is 28.1. The summed E-state index contributed by atoms with van der Waals surface area (Å²) in [5.41, 5.74) is 2.11. The van der Waals surface area contributed by atoms with Crippen LogP contribution >= 0.6 is 0 Å². The van der Waals surface area contributed by atoms with Crippen LogP contribution in [0.1, 0.15) is 77.0 Å². The first-order valence-corrected chi connectivity index (χ1v) is 17.0. The molecule has 3 aromatic rings. The SMILES string of the molecule is c1ccc2c(c1)c(N=C(N1CCCCC1)N1CCCCC1)c(N=C(N1CCCCC1)N1CCCCC1)c1ccccc12. The highest BCUT2D eigenvalue weighted by Gasteiger charge is 2.27. The van der Waals surface area contributed by atoms with Crippen molar-refractivity contribution < 1.29 is 0 Å². The molecule has 0 saturated carbocycles. The summed E-state index contributed by atoms with van der Waals surface area (Å²) in [6.07, 6.45) is 15.3. The minimum Gasteiger partial charge on any atom is -0.343 e. The molecule has 4 fully saturated rings. The van der Waals surface area contributed by atoms with E-state index in [-0.39, 0.29) is 0 Å². The second-order valence-electron chi connectivity index (χ2n) is 12.8. The summed E-state index contributed by atoms with van der Waals surface area (Å²) in [7, 11) is 0. The maximum Gasteiger partial charge on any atom is 0.201 e. The second kappa shape index (κ2) is 12.9. The Balaban J connectivity index is 1.47. The van der Waals surface area contributed by atoms with Gasteiger partial charge in [-0.2, -0.15) is 0 Å². The van der Waals surface area contributed by atoms with Gasteiger partial charge in [-0.05, 0) is 87.8 Å². The summed E-state index contributed by atoms with van der Waals surface area (Å²) >= 11 is 0. The Labute approximate surface area is 252 Å². The predicted octanol–water partition coefficient (Wildman–Crippen LogP) is 7.91. The molecule has 6 heteroatoms. The number of likely N-dealkylation sites (tertiary alicyclic amines) is 4. The molecule has 4 heterocycles. The number of rotatable bonds is 2. The van der Waals surface area contributed by atoms with Crippen molar-refractivity contribution in [2.75, 3.05) is 52.4 Å². The van der Waals surface area contributed by atoms with Crippen molar-refractivity contribution in [3.8, 4) is 0 Å². The van der Waals surface area contributed by atoms with Gasteiger partial charge in [-0.15, -0.1) is 0 Å². The summed E-state index contributed by atoms with van der Waals surface area (Å²) < 4.78 is 0. The molecule has 0 spiro atoms. The Bertz CT molecular complexity index is 1270. The summed E-state index contributed by atoms with van der Waals surface area (Å²) in [6.45, 7) is 8.83. The fourth-order valence-electron chi connectivity index (χ4n) is 7.59. The fraction of sp³-hybridized carbons (Fsp3) is 0.556. The molecule has 7 rings (SSSR count). The quantitative estimate of drug-likeness (QED) is 0.180. The molecule has 0 radical (unpaired) electrons. The monoisotopic (exact) mass is 564 g/mol. The van der Waals surface area contributed by atoms with E-state index in [1.54, 1.807) is 0 Å². The van der Waals surface area contributed by atoms with E-state index in [1.807, 2.05) is 0 Å². The van der Waals surface area contributed by atoms with E-state index in [9.17, 15) is 0 Å². The van der Waals surface area contributed by atoms with Crippen LogP contribution in [0.4, 0.5) is 11.4 Å². The summed E-state index contributed by atoms with van der Waals surface area (Å²) in [5.74, 6) is 2.37. The lowest BCUT2D eigenvalue weighted by Crippen LogP contribution is -2.48. The van der Waals surface area contributed by atoms with Crippen LogP contribution in [0.25, 0.3) is 21.5 Å². The van der Waals surface area contributed by atoms with Gasteiger partial charge in [-0.3, -0.25) is 0 Å². The first-order chi connectivity index (χ1) is 20.9. The normalized spacial score (nSPS) is 20.2. The van der Waals surface area contributed by atoms with E-state index in [0.717, 1.165) is 63.7 Å². The van der Waals surface area contributed by atoms with Gasteiger partial charge in [-0.25, -0.2) is 9.98 Å². The second-order valence-corrected chi connectivity index (χ2v) is 12.8. The van der Waals surface area contributed by atoms with E-state index in [0.29, 0.717) is 0 Å². The van der Waals surface area contributed by atoms with E-state index < -0.39 is 0 Å². The van der Waals surface area contributed by atoms with Gasteiger partial charge in [0.05, 0.1) is 0 Å². The number of hydrogen-bond acceptors (Lipinski definition) is 2. The maximum absolute atomic E-state index is 5.75. The molecule has 0 aliphatic carbocycles. The number of piperidine rings is 4. The van der Waals surface area contributed by atoms with Crippen LogP contribution in [0, 0.1) is 0 Å². The lowest BCUT2D eigenvalue weighted by atomic mass is 9.98. The number of fused-ring (bicyclic) bond motifs is 3. The molecule has 4 saturated heterocycles. The van der Waals surface area contributed by atoms with Gasteiger partial charge in [0.1, 0.15) is 11.4 Å². The van der Waals surface area contributed by atoms with E-state index in [4.69, 9.17) is 9.98 Å². The number of guanidine groups is 2. The van der Waals surface area contributed by atoms with Crippen molar-refractivity contribution in [2.24, 2.45) is 9.98 Å². The van der Waals surface area contributed by atoms with Crippen LogP contribution in [0.2, 0.25) is 0 Å². The Hall–Kier alpha value is -3.28. The van der Waals surface area contributed by atoms with Gasteiger partial charge in [0, 0.05) is 63.1 Å². The Morgan fingerprint density at radius 2 is 0.619 bits per heavy atom. The fourth-order valence-corrected chi connectivity index (χ4v) is 7.59. The Kier molecular flexibility index (Phi) is 8.48. The average Bonchev–Trinajstić information content (AvgIpc) is 3.08. The number of benzene rings is 3. The molecule has 3 aromatic carbocycles. The first kappa shape index (κ1) is 27.5. The van der Waals surface area contributed by atoms with Crippen LogP contribution in [0.15, 0.2) is 58.5 Å². The molecular formula is C36H48N6. The van der Waals surface area contributed by atoms with Crippen LogP contribution in [-0.2, 0) is 0 Å². The van der Waals surface area contributed by atoms with Crippen LogP contribution < -0.4 is 0 Å². The van der Waals surface area contributed by atoms with Gasteiger partial charge < -0.3 is 19.6 Å². The molecule has 6 nitrogen and oxygen atoms in total. The van der Waals surface area contributed by atoms with Crippen molar-refractivity contribution >= 4 is 44.8 Å². The van der Waals surface area contributed by atoms with E-state index in [2.05, 4.69) is 68.1 Å². The topological polar surface area (TPSA) is 37.7 Å². The number of nitrogens with zero attached hydrogens (tertiary/aromatic N) is 6. The lowest BCUT2D eigenvalue weighted by molar-refractivity contribution is 0.257. The highest BCUT2D eigenvalue weighted by molar-refractivity contribution is 6.20. The van der Waals surface area contributed by atoms with Gasteiger partial charge >= 0.3 is 0 Å². The van der Waals surface area contributed by atoms with Crippen LogP contribution in [-0.4, -0.2) is 83.9 Å². The summed E-state index contributed by atoms with van der Waals surface area (Å²) in [5, 5.41) is 5.00. The molecule has 0 N–H and O–H groups in total. The first-order valence-electron chi connectivity index (χ1n) is 17.0. The van der Waals surface area contributed by atoms with Crippen LogP contribution in [0.5, 0.6) is 0 Å². The smallest absolute Gasteiger partial charge is 0.201 e. The lowest BCUT2D eigenvalue weighted by Gasteiger charge is -2.39. The molecule has 4 aliphatic heterocycles. The summed E-state index contributed by atoms with van der Waals surface area (Å²) in [4.78, 5) is 21.8. The highest BCUT2D eigenvalue weighted by Crippen LogP contribution is 2.44. The van der Waals surface area contributed by atoms with Gasteiger partial charge in [0.25, 0.3) is 0 Å². The minimum atomic E-state index is 1.06. The molecule has 0 amide bonds. The maximum atomic E-state index is 5.75. The molecule has 0 atom stereocenters. The Morgan fingerprint density at radius 3 is 0.905 bits per heavy atom. The third-order valence-corrected chi connectivity index (χ3v) is 9.86. The van der Waals surface area contributed by atoms with Crippen LogP contribution in [0.3, 0.4) is 0 Å². The molecule has 222 valence electrons. The van der Waals surface area contributed by atoms with E-state index >= 15 is 0 Å².